The van der Waals surface area contributed by atoms with Crippen molar-refractivity contribution in [2.24, 2.45) is 11.8 Å². The third-order valence-electron chi connectivity index (χ3n) is 3.77. The molecule has 0 aliphatic rings. The number of carboxylic acids is 1. The molecule has 0 heterocycles. The van der Waals surface area contributed by atoms with E-state index >= 15 is 0 Å². The van der Waals surface area contributed by atoms with Crippen LogP contribution in [-0.2, 0) is 24.0 Å². The monoisotopic (exact) mass is 399 g/mol. The first-order chi connectivity index (χ1) is 12.6. The number of nitrogens with zero attached hydrogens (tertiary/aromatic N) is 1. The summed E-state index contributed by atoms with van der Waals surface area (Å²) in [7, 11) is 0. The number of carboxylic acid groups (broad SMARTS) is 1. The topological polar surface area (TPSA) is 93.1 Å². The molecule has 2 atom stereocenters. The standard InChI is InChI=1S/C19H26ClNO6/c1-12(2)18(25)26-19(13(3)4)27-21(11-22)10-15(9-17(23)24)14-5-7-16(20)8-6-14/h5-8,11-13,15,19H,9-10H2,1-4H3,(H,23,24)/t15?,19-/m0/s1. The van der Waals surface area contributed by atoms with Crippen LogP contribution in [0.25, 0.3) is 0 Å². The average Bonchev–Trinajstić information content (AvgIpc) is 2.59. The molecule has 0 saturated carbocycles. The Morgan fingerprint density at radius 2 is 1.78 bits per heavy atom. The number of hydroxylamine groups is 2. The zero-order chi connectivity index (χ0) is 20.6. The summed E-state index contributed by atoms with van der Waals surface area (Å²) in [4.78, 5) is 40.1. The Labute approximate surface area is 164 Å². The van der Waals surface area contributed by atoms with Crippen LogP contribution in [0.15, 0.2) is 24.3 Å². The average molecular weight is 400 g/mol. The van der Waals surface area contributed by atoms with Gasteiger partial charge in [0.2, 0.25) is 12.7 Å². The molecular formula is C19H26ClNO6. The van der Waals surface area contributed by atoms with Crippen LogP contribution in [-0.4, -0.2) is 41.4 Å². The van der Waals surface area contributed by atoms with E-state index in [4.69, 9.17) is 21.2 Å². The Bertz CT molecular complexity index is 632. The number of rotatable bonds is 11. The van der Waals surface area contributed by atoms with Crippen molar-refractivity contribution >= 4 is 29.9 Å². The zero-order valence-electron chi connectivity index (χ0n) is 15.9. The first-order valence-corrected chi connectivity index (χ1v) is 9.08. The second-order valence-corrected chi connectivity index (χ2v) is 7.30. The van der Waals surface area contributed by atoms with Crippen molar-refractivity contribution in [2.75, 3.05) is 6.54 Å². The maximum absolute atomic E-state index is 11.8. The summed E-state index contributed by atoms with van der Waals surface area (Å²) < 4.78 is 5.29. The summed E-state index contributed by atoms with van der Waals surface area (Å²) in [6.45, 7) is 6.95. The van der Waals surface area contributed by atoms with Gasteiger partial charge in [0.15, 0.2) is 0 Å². The van der Waals surface area contributed by atoms with E-state index < -0.39 is 24.1 Å². The number of halogens is 1. The number of aliphatic carboxylic acids is 1. The molecule has 0 spiro atoms. The maximum Gasteiger partial charge on any atom is 0.310 e. The molecule has 0 bridgehead atoms. The minimum Gasteiger partial charge on any atom is -0.481 e. The van der Waals surface area contributed by atoms with Gasteiger partial charge in [0.1, 0.15) is 0 Å². The first-order valence-electron chi connectivity index (χ1n) is 8.70. The predicted molar refractivity (Wildman–Crippen MR) is 99.9 cm³/mol. The van der Waals surface area contributed by atoms with Crippen LogP contribution >= 0.6 is 11.6 Å². The molecule has 0 saturated heterocycles. The Morgan fingerprint density at radius 1 is 1.19 bits per heavy atom. The second-order valence-electron chi connectivity index (χ2n) is 6.86. The number of hydrogen-bond donors (Lipinski definition) is 1. The highest BCUT2D eigenvalue weighted by molar-refractivity contribution is 6.30. The van der Waals surface area contributed by atoms with Gasteiger partial charge in [0, 0.05) is 16.9 Å². The Morgan fingerprint density at radius 3 is 2.22 bits per heavy atom. The van der Waals surface area contributed by atoms with E-state index in [0.717, 1.165) is 5.06 Å². The highest BCUT2D eigenvalue weighted by Gasteiger charge is 2.26. The molecule has 1 rings (SSSR count). The zero-order valence-corrected chi connectivity index (χ0v) is 16.7. The lowest BCUT2D eigenvalue weighted by Crippen LogP contribution is -2.38. The van der Waals surface area contributed by atoms with Crippen molar-refractivity contribution in [3.05, 3.63) is 34.9 Å². The third-order valence-corrected chi connectivity index (χ3v) is 4.02. The smallest absolute Gasteiger partial charge is 0.310 e. The van der Waals surface area contributed by atoms with E-state index in [0.29, 0.717) is 17.0 Å². The van der Waals surface area contributed by atoms with Gasteiger partial charge in [-0.15, -0.1) is 0 Å². The van der Waals surface area contributed by atoms with Gasteiger partial charge in [-0.25, -0.2) is 9.90 Å². The van der Waals surface area contributed by atoms with E-state index in [1.165, 1.54) is 0 Å². The molecule has 1 N–H and O–H groups in total. The van der Waals surface area contributed by atoms with Crippen LogP contribution in [0, 0.1) is 11.8 Å². The van der Waals surface area contributed by atoms with Crippen LogP contribution < -0.4 is 0 Å². The van der Waals surface area contributed by atoms with Gasteiger partial charge in [-0.2, -0.15) is 0 Å². The van der Waals surface area contributed by atoms with Crippen molar-refractivity contribution < 1.29 is 29.1 Å². The van der Waals surface area contributed by atoms with Crippen molar-refractivity contribution in [1.29, 1.82) is 0 Å². The van der Waals surface area contributed by atoms with Crippen molar-refractivity contribution in [2.45, 2.75) is 46.3 Å². The Kier molecular flexibility index (Phi) is 9.25. The lowest BCUT2D eigenvalue weighted by molar-refractivity contribution is -0.272. The van der Waals surface area contributed by atoms with Gasteiger partial charge in [-0.3, -0.25) is 14.4 Å². The molecule has 0 radical (unpaired) electrons. The molecule has 0 aromatic heterocycles. The first kappa shape index (κ1) is 22.9. The summed E-state index contributed by atoms with van der Waals surface area (Å²) in [5.74, 6) is -2.51. The molecule has 0 aliphatic carbocycles. The van der Waals surface area contributed by atoms with Crippen LogP contribution in [0.1, 0.15) is 45.6 Å². The largest absolute Gasteiger partial charge is 0.481 e. The molecule has 1 aromatic rings. The molecule has 8 heteroatoms. The summed E-state index contributed by atoms with van der Waals surface area (Å²) in [5, 5.41) is 10.7. The van der Waals surface area contributed by atoms with Crippen molar-refractivity contribution in [1.82, 2.24) is 5.06 Å². The molecule has 0 aliphatic heterocycles. The second kappa shape index (κ2) is 10.9. The van der Waals surface area contributed by atoms with Gasteiger partial charge >= 0.3 is 11.9 Å². The minimum atomic E-state index is -1.01. The molecule has 1 amide bonds. The fourth-order valence-electron chi connectivity index (χ4n) is 2.22. The fourth-order valence-corrected chi connectivity index (χ4v) is 2.35. The quantitative estimate of drug-likeness (QED) is 0.265. The van der Waals surface area contributed by atoms with Gasteiger partial charge in [-0.1, -0.05) is 51.4 Å². The lowest BCUT2D eigenvalue weighted by Gasteiger charge is -2.29. The molecular weight excluding hydrogens is 374 g/mol. The van der Waals surface area contributed by atoms with Crippen molar-refractivity contribution in [3.63, 3.8) is 0 Å². The summed E-state index contributed by atoms with van der Waals surface area (Å²) in [5.41, 5.74) is 0.706. The molecule has 1 aromatic carbocycles. The number of benzene rings is 1. The molecule has 27 heavy (non-hydrogen) atoms. The molecule has 1 unspecified atom stereocenters. The molecule has 150 valence electrons. The molecule has 0 fully saturated rings. The molecule has 7 nitrogen and oxygen atoms in total. The normalized spacial score (nSPS) is 13.3. The predicted octanol–water partition coefficient (Wildman–Crippen LogP) is 3.47. The Hall–Kier alpha value is -2.12. The van der Waals surface area contributed by atoms with E-state index in [9.17, 15) is 19.5 Å². The fraction of sp³-hybridized carbons (Fsp3) is 0.526. The summed E-state index contributed by atoms with van der Waals surface area (Å²) in [6.07, 6.45) is -0.711. The van der Waals surface area contributed by atoms with E-state index in [1.807, 2.05) is 0 Å². The highest BCUT2D eigenvalue weighted by Crippen LogP contribution is 2.24. The van der Waals surface area contributed by atoms with Gasteiger partial charge < -0.3 is 9.84 Å². The van der Waals surface area contributed by atoms with Crippen LogP contribution in [0.2, 0.25) is 5.02 Å². The van der Waals surface area contributed by atoms with Crippen molar-refractivity contribution in [3.8, 4) is 0 Å². The van der Waals surface area contributed by atoms with Crippen LogP contribution in [0.3, 0.4) is 0 Å². The number of ether oxygens (including phenoxy) is 1. The SMILES string of the molecule is CC(C)C(=O)O[C@@H](ON(C=O)CC(CC(=O)O)c1ccc(Cl)cc1)C(C)C. The Balaban J connectivity index is 2.91. The highest BCUT2D eigenvalue weighted by atomic mass is 35.5. The minimum absolute atomic E-state index is 0.0140. The van der Waals surface area contributed by atoms with E-state index in [-0.39, 0.29) is 24.8 Å². The maximum atomic E-state index is 11.8. The van der Waals surface area contributed by atoms with E-state index in [1.54, 1.807) is 52.0 Å². The lowest BCUT2D eigenvalue weighted by atomic mass is 9.95. The third kappa shape index (κ3) is 7.97. The van der Waals surface area contributed by atoms with Crippen LogP contribution in [0.5, 0.6) is 0 Å². The number of carbonyl (C=O) groups is 3. The summed E-state index contributed by atoms with van der Waals surface area (Å²) >= 11 is 5.88. The number of carbonyl (C=O) groups excluding carboxylic acids is 2. The van der Waals surface area contributed by atoms with Gasteiger partial charge in [-0.05, 0) is 17.7 Å². The number of esters is 1. The number of amides is 1. The van der Waals surface area contributed by atoms with Crippen LogP contribution in [0.4, 0.5) is 0 Å². The number of hydrogen-bond acceptors (Lipinski definition) is 5. The summed E-state index contributed by atoms with van der Waals surface area (Å²) in [6, 6.07) is 6.72. The van der Waals surface area contributed by atoms with E-state index in [2.05, 4.69) is 0 Å². The van der Waals surface area contributed by atoms with Gasteiger partial charge in [0.05, 0.1) is 18.9 Å². The van der Waals surface area contributed by atoms with Gasteiger partial charge in [0.25, 0.3) is 0 Å².